The Labute approximate surface area is 84.3 Å². The molecule has 0 amide bonds. The summed E-state index contributed by atoms with van der Waals surface area (Å²) in [6, 6.07) is 0. The van der Waals surface area contributed by atoms with E-state index in [9.17, 15) is 4.39 Å². The summed E-state index contributed by atoms with van der Waals surface area (Å²) in [6.07, 6.45) is 5.57. The largest absolute Gasteiger partial charge is 0.312 e. The Morgan fingerprint density at radius 2 is 2.43 bits per heavy atom. The summed E-state index contributed by atoms with van der Waals surface area (Å²) in [5.41, 5.74) is 1.16. The lowest BCUT2D eigenvalue weighted by molar-refractivity contribution is 0.459. The van der Waals surface area contributed by atoms with E-state index >= 15 is 0 Å². The van der Waals surface area contributed by atoms with Gasteiger partial charge in [0.1, 0.15) is 0 Å². The monoisotopic (exact) mass is 199 g/mol. The van der Waals surface area contributed by atoms with Crippen LogP contribution in [0.25, 0.3) is 0 Å². The van der Waals surface area contributed by atoms with Gasteiger partial charge in [-0.2, -0.15) is 5.10 Å². The second-order valence-corrected chi connectivity index (χ2v) is 3.33. The van der Waals surface area contributed by atoms with Gasteiger partial charge in [-0.05, 0) is 19.4 Å². The third-order valence-electron chi connectivity index (χ3n) is 1.96. The van der Waals surface area contributed by atoms with Crippen LogP contribution in [-0.2, 0) is 13.1 Å². The quantitative estimate of drug-likeness (QED) is 0.678. The third kappa shape index (κ3) is 3.87. The molecule has 0 saturated carbocycles. The lowest BCUT2D eigenvalue weighted by Gasteiger charge is -1.99. The first kappa shape index (κ1) is 11.2. The van der Waals surface area contributed by atoms with Crippen molar-refractivity contribution in [2.75, 3.05) is 13.2 Å². The summed E-state index contributed by atoms with van der Waals surface area (Å²) in [7, 11) is 0. The molecule has 1 rings (SSSR count). The van der Waals surface area contributed by atoms with Gasteiger partial charge in [-0.15, -0.1) is 0 Å². The molecule has 1 heterocycles. The summed E-state index contributed by atoms with van der Waals surface area (Å²) >= 11 is 0. The van der Waals surface area contributed by atoms with Crippen LogP contribution in [0.1, 0.15) is 25.3 Å². The number of alkyl halides is 1. The van der Waals surface area contributed by atoms with Crippen LogP contribution in [0.3, 0.4) is 0 Å². The summed E-state index contributed by atoms with van der Waals surface area (Å²) in [4.78, 5) is 0. The molecule has 0 fully saturated rings. The van der Waals surface area contributed by atoms with Gasteiger partial charge >= 0.3 is 0 Å². The molecule has 0 spiro atoms. The van der Waals surface area contributed by atoms with Crippen molar-refractivity contribution >= 4 is 0 Å². The highest BCUT2D eigenvalue weighted by Crippen LogP contribution is 1.98. The predicted molar refractivity (Wildman–Crippen MR) is 54.8 cm³/mol. The van der Waals surface area contributed by atoms with Crippen LogP contribution in [0.15, 0.2) is 12.4 Å². The molecule has 0 aliphatic heterocycles. The fraction of sp³-hybridized carbons (Fsp3) is 0.700. The normalized spacial score (nSPS) is 10.7. The number of rotatable bonds is 7. The molecule has 1 aromatic heterocycles. The minimum atomic E-state index is -0.248. The fourth-order valence-corrected chi connectivity index (χ4v) is 1.27. The zero-order valence-electron chi connectivity index (χ0n) is 8.67. The van der Waals surface area contributed by atoms with Gasteiger partial charge in [-0.25, -0.2) is 0 Å². The lowest BCUT2D eigenvalue weighted by atomic mass is 10.3. The summed E-state index contributed by atoms with van der Waals surface area (Å²) in [5.74, 6) is 0. The Kier molecular flexibility index (Phi) is 5.22. The van der Waals surface area contributed by atoms with E-state index in [0.717, 1.165) is 31.6 Å². The molecule has 14 heavy (non-hydrogen) atoms. The van der Waals surface area contributed by atoms with E-state index in [2.05, 4.69) is 17.3 Å². The first-order valence-electron chi connectivity index (χ1n) is 5.15. The molecular weight excluding hydrogens is 181 g/mol. The van der Waals surface area contributed by atoms with Crippen molar-refractivity contribution in [2.45, 2.75) is 32.9 Å². The van der Waals surface area contributed by atoms with E-state index in [-0.39, 0.29) is 6.67 Å². The van der Waals surface area contributed by atoms with E-state index < -0.39 is 0 Å². The number of halogens is 1. The van der Waals surface area contributed by atoms with Crippen LogP contribution in [0, 0.1) is 0 Å². The van der Waals surface area contributed by atoms with Crippen LogP contribution in [0.4, 0.5) is 4.39 Å². The third-order valence-corrected chi connectivity index (χ3v) is 1.96. The van der Waals surface area contributed by atoms with Crippen molar-refractivity contribution < 1.29 is 4.39 Å². The van der Waals surface area contributed by atoms with Crippen molar-refractivity contribution in [3.8, 4) is 0 Å². The first-order chi connectivity index (χ1) is 6.86. The van der Waals surface area contributed by atoms with E-state index in [4.69, 9.17) is 0 Å². The van der Waals surface area contributed by atoms with Gasteiger partial charge < -0.3 is 5.32 Å². The van der Waals surface area contributed by atoms with Gasteiger partial charge in [0.05, 0.1) is 12.9 Å². The van der Waals surface area contributed by atoms with E-state index in [1.54, 1.807) is 0 Å². The van der Waals surface area contributed by atoms with Crippen LogP contribution in [-0.4, -0.2) is 23.0 Å². The van der Waals surface area contributed by atoms with Crippen LogP contribution < -0.4 is 5.32 Å². The van der Waals surface area contributed by atoms with E-state index in [1.807, 2.05) is 17.1 Å². The molecule has 3 nitrogen and oxygen atoms in total. The maximum Gasteiger partial charge on any atom is 0.0906 e. The number of hydrogen-bond donors (Lipinski definition) is 1. The number of aryl methyl sites for hydroxylation is 1. The second kappa shape index (κ2) is 6.54. The van der Waals surface area contributed by atoms with Gasteiger partial charge in [-0.3, -0.25) is 9.07 Å². The maximum atomic E-state index is 11.8. The average Bonchev–Trinajstić information content (AvgIpc) is 2.61. The Bertz CT molecular complexity index is 247. The highest BCUT2D eigenvalue weighted by molar-refractivity contribution is 5.03. The summed E-state index contributed by atoms with van der Waals surface area (Å²) in [6.45, 7) is 4.35. The van der Waals surface area contributed by atoms with Crippen molar-refractivity contribution in [1.29, 1.82) is 0 Å². The van der Waals surface area contributed by atoms with Gasteiger partial charge in [-0.1, -0.05) is 6.92 Å². The predicted octanol–water partition coefficient (Wildman–Crippen LogP) is 1.74. The minimum Gasteiger partial charge on any atom is -0.312 e. The second-order valence-electron chi connectivity index (χ2n) is 3.33. The van der Waals surface area contributed by atoms with Gasteiger partial charge in [0.25, 0.3) is 0 Å². The Balaban J connectivity index is 2.22. The SMILES string of the molecule is CCCn1cc(CNCCCF)cn1. The van der Waals surface area contributed by atoms with Gasteiger partial charge in [0.15, 0.2) is 0 Å². The van der Waals surface area contributed by atoms with E-state index in [0.29, 0.717) is 6.42 Å². The van der Waals surface area contributed by atoms with Crippen molar-refractivity contribution in [3.63, 3.8) is 0 Å². The molecule has 0 bridgehead atoms. The zero-order valence-corrected chi connectivity index (χ0v) is 8.67. The highest BCUT2D eigenvalue weighted by Gasteiger charge is 1.96. The number of nitrogens with one attached hydrogen (secondary N) is 1. The maximum absolute atomic E-state index is 11.8. The molecule has 0 unspecified atom stereocenters. The number of hydrogen-bond acceptors (Lipinski definition) is 2. The summed E-state index contributed by atoms with van der Waals surface area (Å²) in [5, 5.41) is 7.37. The van der Waals surface area contributed by atoms with Crippen molar-refractivity contribution in [1.82, 2.24) is 15.1 Å². The van der Waals surface area contributed by atoms with Crippen LogP contribution in [0.5, 0.6) is 0 Å². The molecule has 4 heteroatoms. The minimum absolute atomic E-state index is 0.248. The Morgan fingerprint density at radius 3 is 3.14 bits per heavy atom. The molecule has 0 aromatic carbocycles. The molecule has 1 N–H and O–H groups in total. The molecule has 80 valence electrons. The standard InChI is InChI=1S/C10H18FN3/c1-2-6-14-9-10(8-13-14)7-12-5-3-4-11/h8-9,12H,2-7H2,1H3. The molecular formula is C10H18FN3. The Morgan fingerprint density at radius 1 is 1.57 bits per heavy atom. The molecule has 0 aliphatic carbocycles. The first-order valence-corrected chi connectivity index (χ1v) is 5.15. The molecule has 0 radical (unpaired) electrons. The van der Waals surface area contributed by atoms with Crippen LogP contribution >= 0.6 is 0 Å². The smallest absolute Gasteiger partial charge is 0.0906 e. The fourth-order valence-electron chi connectivity index (χ4n) is 1.27. The molecule has 0 atom stereocenters. The van der Waals surface area contributed by atoms with Gasteiger partial charge in [0, 0.05) is 24.8 Å². The van der Waals surface area contributed by atoms with Crippen molar-refractivity contribution in [3.05, 3.63) is 18.0 Å². The highest BCUT2D eigenvalue weighted by atomic mass is 19.1. The van der Waals surface area contributed by atoms with Crippen LogP contribution in [0.2, 0.25) is 0 Å². The summed E-state index contributed by atoms with van der Waals surface area (Å²) < 4.78 is 13.7. The topological polar surface area (TPSA) is 29.9 Å². The zero-order chi connectivity index (χ0) is 10.2. The Hall–Kier alpha value is -0.900. The number of nitrogens with zero attached hydrogens (tertiary/aromatic N) is 2. The molecule has 1 aromatic rings. The molecule has 0 aliphatic rings. The molecule has 0 saturated heterocycles. The number of aromatic nitrogens is 2. The lowest BCUT2D eigenvalue weighted by Crippen LogP contribution is -2.14. The van der Waals surface area contributed by atoms with Gasteiger partial charge in [0.2, 0.25) is 0 Å². The van der Waals surface area contributed by atoms with Crippen molar-refractivity contribution in [2.24, 2.45) is 0 Å². The van der Waals surface area contributed by atoms with E-state index in [1.165, 1.54) is 0 Å². The average molecular weight is 199 g/mol.